The third-order valence-corrected chi connectivity index (χ3v) is 4.96. The number of aliphatic imine (C=N–C) groups is 1. The molecule has 8 heteroatoms. The second-order valence-corrected chi connectivity index (χ2v) is 7.38. The van der Waals surface area contributed by atoms with Crippen LogP contribution < -0.4 is 15.4 Å². The van der Waals surface area contributed by atoms with Crippen molar-refractivity contribution in [3.8, 4) is 5.75 Å². The summed E-state index contributed by atoms with van der Waals surface area (Å²) in [5.74, 6) is 1.63. The molecule has 1 aromatic carbocycles. The molecular weight excluding hydrogens is 429 g/mol. The van der Waals surface area contributed by atoms with Crippen LogP contribution in [0.3, 0.4) is 0 Å². The summed E-state index contributed by atoms with van der Waals surface area (Å²) in [5, 5.41) is 6.15. The van der Waals surface area contributed by atoms with Crippen molar-refractivity contribution in [2.75, 3.05) is 32.2 Å². The summed E-state index contributed by atoms with van der Waals surface area (Å²) in [6.07, 6.45) is 0. The molecule has 6 nitrogen and oxygen atoms in total. The molecule has 2 N–H and O–H groups in total. The number of benzene rings is 1. The maximum Gasteiger partial charge on any atom is 0.191 e. The molecule has 23 heavy (non-hydrogen) atoms. The lowest BCUT2D eigenvalue weighted by molar-refractivity contribution is 0.408. The van der Waals surface area contributed by atoms with Gasteiger partial charge in [0.05, 0.1) is 12.9 Å². The minimum absolute atomic E-state index is 0. The van der Waals surface area contributed by atoms with Crippen LogP contribution in [0.25, 0.3) is 0 Å². The van der Waals surface area contributed by atoms with Gasteiger partial charge in [0.1, 0.15) is 5.75 Å². The Morgan fingerprint density at radius 3 is 2.57 bits per heavy atom. The largest absolute Gasteiger partial charge is 0.496 e. The number of guanidine groups is 1. The molecule has 0 aliphatic carbocycles. The van der Waals surface area contributed by atoms with E-state index in [0.29, 0.717) is 19.0 Å². The van der Waals surface area contributed by atoms with Gasteiger partial charge in [0.2, 0.25) is 0 Å². The molecular formula is C15H26IN3O3S. The summed E-state index contributed by atoms with van der Waals surface area (Å²) in [6, 6.07) is 5.99. The van der Waals surface area contributed by atoms with Crippen LogP contribution in [0.2, 0.25) is 0 Å². The SMILES string of the molecule is CCS(=O)(=O)CCNC(=NC)NCc1ccc(C)cc1OC.I. The number of halogens is 1. The molecule has 0 atom stereocenters. The maximum absolute atomic E-state index is 11.4. The van der Waals surface area contributed by atoms with Gasteiger partial charge in [-0.1, -0.05) is 19.1 Å². The number of nitrogens with zero attached hydrogens (tertiary/aromatic N) is 1. The zero-order valence-corrected chi connectivity index (χ0v) is 17.2. The Kier molecular flexibility index (Phi) is 10.2. The first-order chi connectivity index (χ1) is 10.4. The van der Waals surface area contributed by atoms with Crippen LogP contribution in [0.1, 0.15) is 18.1 Å². The van der Waals surface area contributed by atoms with E-state index in [0.717, 1.165) is 16.9 Å². The lowest BCUT2D eigenvalue weighted by Crippen LogP contribution is -2.39. The molecule has 0 fully saturated rings. The molecule has 0 unspecified atom stereocenters. The third-order valence-electron chi connectivity index (χ3n) is 3.26. The molecule has 132 valence electrons. The molecule has 0 aliphatic rings. The average molecular weight is 455 g/mol. The van der Waals surface area contributed by atoms with Gasteiger partial charge in [-0.15, -0.1) is 24.0 Å². The highest BCUT2D eigenvalue weighted by Gasteiger charge is 2.08. The number of hydrogen-bond acceptors (Lipinski definition) is 4. The van der Waals surface area contributed by atoms with Gasteiger partial charge < -0.3 is 15.4 Å². The summed E-state index contributed by atoms with van der Waals surface area (Å²) in [7, 11) is 0.317. The molecule has 0 saturated heterocycles. The molecule has 0 saturated carbocycles. The minimum atomic E-state index is -2.97. The van der Waals surface area contributed by atoms with Gasteiger partial charge >= 0.3 is 0 Å². The zero-order chi connectivity index (χ0) is 16.6. The van der Waals surface area contributed by atoms with Gasteiger partial charge in [-0.25, -0.2) is 8.42 Å². The Morgan fingerprint density at radius 1 is 1.30 bits per heavy atom. The van der Waals surface area contributed by atoms with Crippen molar-refractivity contribution in [3.63, 3.8) is 0 Å². The van der Waals surface area contributed by atoms with Crippen molar-refractivity contribution in [1.29, 1.82) is 0 Å². The first-order valence-corrected chi connectivity index (χ1v) is 9.02. The van der Waals surface area contributed by atoms with Gasteiger partial charge in [0.15, 0.2) is 15.8 Å². The van der Waals surface area contributed by atoms with E-state index in [4.69, 9.17) is 4.74 Å². The molecule has 0 aliphatic heterocycles. The number of hydrogen-bond donors (Lipinski definition) is 2. The van der Waals surface area contributed by atoms with E-state index < -0.39 is 9.84 Å². The van der Waals surface area contributed by atoms with E-state index >= 15 is 0 Å². The topological polar surface area (TPSA) is 79.8 Å². The Morgan fingerprint density at radius 2 is 2.00 bits per heavy atom. The molecule has 0 bridgehead atoms. The van der Waals surface area contributed by atoms with Crippen LogP contribution in [0.15, 0.2) is 23.2 Å². The second kappa shape index (κ2) is 10.7. The van der Waals surface area contributed by atoms with Gasteiger partial charge in [-0.3, -0.25) is 4.99 Å². The third kappa shape index (κ3) is 7.87. The van der Waals surface area contributed by atoms with Crippen LogP contribution in [0.5, 0.6) is 5.75 Å². The van der Waals surface area contributed by atoms with Crippen molar-refractivity contribution >= 4 is 39.8 Å². The predicted molar refractivity (Wildman–Crippen MR) is 106 cm³/mol. The Labute approximate surface area is 156 Å². The normalized spacial score (nSPS) is 11.6. The number of sulfone groups is 1. The lowest BCUT2D eigenvalue weighted by Gasteiger charge is -2.14. The smallest absolute Gasteiger partial charge is 0.191 e. The number of nitrogens with one attached hydrogen (secondary N) is 2. The van der Waals surface area contributed by atoms with Crippen molar-refractivity contribution in [1.82, 2.24) is 10.6 Å². The monoisotopic (exact) mass is 455 g/mol. The van der Waals surface area contributed by atoms with E-state index in [1.165, 1.54) is 0 Å². The van der Waals surface area contributed by atoms with Gasteiger partial charge in [-0.05, 0) is 18.6 Å². The van der Waals surface area contributed by atoms with E-state index in [9.17, 15) is 8.42 Å². The summed E-state index contributed by atoms with van der Waals surface area (Å²) >= 11 is 0. The molecule has 1 rings (SSSR count). The predicted octanol–water partition coefficient (Wildman–Crippen LogP) is 1.72. The molecule has 1 aromatic rings. The summed E-state index contributed by atoms with van der Waals surface area (Å²) in [6.45, 7) is 4.53. The van der Waals surface area contributed by atoms with Crippen LogP contribution in [0, 0.1) is 6.92 Å². The number of methoxy groups -OCH3 is 1. The Bertz CT molecular complexity index is 618. The zero-order valence-electron chi connectivity index (χ0n) is 14.0. The first kappa shape index (κ1) is 22.0. The summed E-state index contributed by atoms with van der Waals surface area (Å²) in [5.41, 5.74) is 2.14. The number of aryl methyl sites for hydroxylation is 1. The molecule has 0 amide bonds. The van der Waals surface area contributed by atoms with Crippen LogP contribution in [-0.2, 0) is 16.4 Å². The van der Waals surface area contributed by atoms with Crippen molar-refractivity contribution in [2.45, 2.75) is 20.4 Å². The maximum atomic E-state index is 11.4. The first-order valence-electron chi connectivity index (χ1n) is 7.20. The van der Waals surface area contributed by atoms with Gasteiger partial charge in [0.25, 0.3) is 0 Å². The van der Waals surface area contributed by atoms with E-state index in [2.05, 4.69) is 15.6 Å². The van der Waals surface area contributed by atoms with Crippen LogP contribution >= 0.6 is 24.0 Å². The van der Waals surface area contributed by atoms with Crippen molar-refractivity contribution < 1.29 is 13.2 Å². The average Bonchev–Trinajstić information content (AvgIpc) is 2.51. The van der Waals surface area contributed by atoms with Crippen LogP contribution in [-0.4, -0.2) is 46.6 Å². The number of ether oxygens (including phenoxy) is 1. The standard InChI is InChI=1S/C15H25N3O3S.HI/c1-5-22(19,20)9-8-17-15(16-3)18-11-13-7-6-12(2)10-14(13)21-4;/h6-7,10H,5,8-9,11H2,1-4H3,(H2,16,17,18);1H. The number of rotatable bonds is 7. The fourth-order valence-corrected chi connectivity index (χ4v) is 2.57. The Balaban J connectivity index is 0.00000484. The van der Waals surface area contributed by atoms with Crippen LogP contribution in [0.4, 0.5) is 0 Å². The molecule has 0 spiro atoms. The quantitative estimate of drug-likeness (QED) is 0.372. The fraction of sp³-hybridized carbons (Fsp3) is 0.533. The summed E-state index contributed by atoms with van der Waals surface area (Å²) in [4.78, 5) is 4.08. The highest BCUT2D eigenvalue weighted by molar-refractivity contribution is 14.0. The molecule has 0 aromatic heterocycles. The van der Waals surface area contributed by atoms with Gasteiger partial charge in [0, 0.05) is 31.5 Å². The van der Waals surface area contributed by atoms with E-state index in [1.54, 1.807) is 21.1 Å². The summed E-state index contributed by atoms with van der Waals surface area (Å²) < 4.78 is 28.2. The van der Waals surface area contributed by atoms with E-state index in [1.807, 2.05) is 25.1 Å². The molecule has 0 heterocycles. The highest BCUT2D eigenvalue weighted by atomic mass is 127. The minimum Gasteiger partial charge on any atom is -0.496 e. The highest BCUT2D eigenvalue weighted by Crippen LogP contribution is 2.19. The Hall–Kier alpha value is -1.03. The lowest BCUT2D eigenvalue weighted by atomic mass is 10.1. The fourth-order valence-electron chi connectivity index (χ4n) is 1.87. The van der Waals surface area contributed by atoms with Crippen molar-refractivity contribution in [2.24, 2.45) is 4.99 Å². The van der Waals surface area contributed by atoms with Gasteiger partial charge in [-0.2, -0.15) is 0 Å². The van der Waals surface area contributed by atoms with E-state index in [-0.39, 0.29) is 35.5 Å². The van der Waals surface area contributed by atoms with Crippen molar-refractivity contribution in [3.05, 3.63) is 29.3 Å². The second-order valence-electron chi connectivity index (χ2n) is 4.90. The molecule has 0 radical (unpaired) electrons.